The highest BCUT2D eigenvalue weighted by Crippen LogP contribution is 2.23. The molecule has 0 fully saturated rings. The minimum Gasteiger partial charge on any atom is -0.370 e. The van der Waals surface area contributed by atoms with E-state index in [1.54, 1.807) is 0 Å². The second-order valence-electron chi connectivity index (χ2n) is 5.94. The lowest BCUT2D eigenvalue weighted by atomic mass is 10.1. The van der Waals surface area contributed by atoms with E-state index in [9.17, 15) is 0 Å². The molecule has 0 saturated heterocycles. The van der Waals surface area contributed by atoms with E-state index < -0.39 is 0 Å². The molecule has 0 atom stereocenters. The molecular formula is C22H17N3S. The van der Waals surface area contributed by atoms with Gasteiger partial charge in [0.15, 0.2) is 0 Å². The van der Waals surface area contributed by atoms with Crippen molar-refractivity contribution in [2.45, 2.75) is 6.54 Å². The predicted molar refractivity (Wildman–Crippen MR) is 110 cm³/mol. The molecule has 0 bridgehead atoms. The molecule has 0 spiro atoms. The molecule has 1 aromatic heterocycles. The van der Waals surface area contributed by atoms with Crippen LogP contribution in [0.4, 0.5) is 0 Å². The first-order valence-electron chi connectivity index (χ1n) is 8.45. The van der Waals surface area contributed by atoms with E-state index in [4.69, 9.17) is 22.2 Å². The van der Waals surface area contributed by atoms with Crippen LogP contribution in [0.25, 0.3) is 22.3 Å². The van der Waals surface area contributed by atoms with Crippen LogP contribution in [0, 0.1) is 0 Å². The van der Waals surface area contributed by atoms with Gasteiger partial charge in [0, 0.05) is 12.1 Å². The Morgan fingerprint density at radius 1 is 0.731 bits per heavy atom. The smallest absolute Gasteiger partial charge is 0.127 e. The summed E-state index contributed by atoms with van der Waals surface area (Å²) in [6.07, 6.45) is 0. The molecule has 0 radical (unpaired) electrons. The number of nitrogens with zero attached hydrogens (tertiary/aromatic N) is 2. The van der Waals surface area contributed by atoms with Crippen molar-refractivity contribution in [2.75, 3.05) is 0 Å². The van der Waals surface area contributed by atoms with Crippen LogP contribution in [-0.2, 0) is 6.54 Å². The molecular weight excluding hydrogens is 338 g/mol. The van der Waals surface area contributed by atoms with Crippen LogP contribution in [0.3, 0.4) is 0 Å². The summed E-state index contributed by atoms with van der Waals surface area (Å²) in [5.74, 6) is 0. The third-order valence-electron chi connectivity index (χ3n) is 4.13. The van der Waals surface area contributed by atoms with Gasteiger partial charge in [-0.3, -0.25) is 0 Å². The minimum absolute atomic E-state index is 0.603. The van der Waals surface area contributed by atoms with Crippen LogP contribution in [-0.4, -0.2) is 15.0 Å². The van der Waals surface area contributed by atoms with Crippen molar-refractivity contribution in [3.63, 3.8) is 0 Å². The molecule has 0 amide bonds. The standard InChI is InChI=1S/C22H17N3S/c26-22(23-15-16-9-3-1-4-10-16)21-20(17-11-5-2-6-12-17)24-18-13-7-8-14-19(18)25-21/h1-14H,15H2,(H,23,26). The molecule has 0 aliphatic heterocycles. The summed E-state index contributed by atoms with van der Waals surface area (Å²) in [4.78, 5) is 10.2. The molecule has 0 saturated carbocycles. The fourth-order valence-corrected chi connectivity index (χ4v) is 3.03. The van der Waals surface area contributed by atoms with E-state index in [1.165, 1.54) is 5.56 Å². The van der Waals surface area contributed by atoms with Crippen molar-refractivity contribution in [3.8, 4) is 11.3 Å². The number of benzene rings is 3. The van der Waals surface area contributed by atoms with Gasteiger partial charge in [-0.1, -0.05) is 85.0 Å². The highest BCUT2D eigenvalue weighted by molar-refractivity contribution is 7.80. The van der Waals surface area contributed by atoms with Crippen molar-refractivity contribution in [2.24, 2.45) is 0 Å². The van der Waals surface area contributed by atoms with E-state index in [1.807, 2.05) is 72.8 Å². The molecule has 4 rings (SSSR count). The first kappa shape index (κ1) is 16.4. The molecule has 4 heteroatoms. The van der Waals surface area contributed by atoms with Crippen LogP contribution in [0.15, 0.2) is 84.9 Å². The summed E-state index contributed by atoms with van der Waals surface area (Å²) in [7, 11) is 0. The van der Waals surface area contributed by atoms with Crippen LogP contribution < -0.4 is 5.32 Å². The van der Waals surface area contributed by atoms with E-state index in [-0.39, 0.29) is 0 Å². The van der Waals surface area contributed by atoms with Crippen molar-refractivity contribution in [3.05, 3.63) is 96.2 Å². The molecule has 4 aromatic rings. The Hall–Kier alpha value is -3.11. The number of nitrogens with one attached hydrogen (secondary N) is 1. The van der Waals surface area contributed by atoms with Crippen LogP contribution in [0.1, 0.15) is 11.3 Å². The lowest BCUT2D eigenvalue weighted by Crippen LogP contribution is -2.24. The van der Waals surface area contributed by atoms with Crippen molar-refractivity contribution in [1.82, 2.24) is 15.3 Å². The van der Waals surface area contributed by atoms with Gasteiger partial charge < -0.3 is 5.32 Å². The summed E-state index contributed by atoms with van der Waals surface area (Å²) in [5, 5.41) is 3.32. The maximum absolute atomic E-state index is 5.66. The number of fused-ring (bicyclic) bond motifs is 1. The summed E-state index contributed by atoms with van der Waals surface area (Å²) < 4.78 is 0. The Bertz CT molecular complexity index is 1050. The highest BCUT2D eigenvalue weighted by atomic mass is 32.1. The molecule has 1 heterocycles. The number of hydrogen-bond donors (Lipinski definition) is 1. The Morgan fingerprint density at radius 2 is 1.31 bits per heavy atom. The second-order valence-corrected chi connectivity index (χ2v) is 6.35. The summed E-state index contributed by atoms with van der Waals surface area (Å²) in [6, 6.07) is 28.1. The van der Waals surface area contributed by atoms with E-state index in [0.29, 0.717) is 17.2 Å². The zero-order chi connectivity index (χ0) is 17.8. The van der Waals surface area contributed by atoms with Crippen LogP contribution in [0.2, 0.25) is 0 Å². The molecule has 126 valence electrons. The molecule has 3 aromatic carbocycles. The highest BCUT2D eigenvalue weighted by Gasteiger charge is 2.14. The third-order valence-corrected chi connectivity index (χ3v) is 4.47. The Kier molecular flexibility index (Phi) is 4.67. The number of rotatable bonds is 4. The van der Waals surface area contributed by atoms with Crippen molar-refractivity contribution >= 4 is 28.2 Å². The molecule has 0 aliphatic rings. The van der Waals surface area contributed by atoms with Crippen LogP contribution >= 0.6 is 12.2 Å². The maximum Gasteiger partial charge on any atom is 0.127 e. The topological polar surface area (TPSA) is 37.8 Å². The first-order chi connectivity index (χ1) is 12.8. The molecule has 0 unspecified atom stereocenters. The van der Waals surface area contributed by atoms with E-state index in [0.717, 1.165) is 22.3 Å². The number of para-hydroxylation sites is 2. The Labute approximate surface area is 157 Å². The maximum atomic E-state index is 5.66. The normalized spacial score (nSPS) is 10.6. The zero-order valence-electron chi connectivity index (χ0n) is 14.1. The van der Waals surface area contributed by atoms with Gasteiger partial charge in [-0.2, -0.15) is 0 Å². The van der Waals surface area contributed by atoms with Crippen molar-refractivity contribution in [1.29, 1.82) is 0 Å². The quantitative estimate of drug-likeness (QED) is 0.536. The lowest BCUT2D eigenvalue weighted by Gasteiger charge is -2.13. The minimum atomic E-state index is 0.603. The second kappa shape index (κ2) is 7.42. The van der Waals surface area contributed by atoms with Gasteiger partial charge in [0.1, 0.15) is 10.7 Å². The fourth-order valence-electron chi connectivity index (χ4n) is 2.82. The largest absolute Gasteiger partial charge is 0.370 e. The predicted octanol–water partition coefficient (Wildman–Crippen LogP) is 4.76. The summed E-state index contributed by atoms with van der Waals surface area (Å²) >= 11 is 5.66. The average Bonchev–Trinajstić information content (AvgIpc) is 2.72. The monoisotopic (exact) mass is 355 g/mol. The number of aromatic nitrogens is 2. The third kappa shape index (κ3) is 3.46. The fraction of sp³-hybridized carbons (Fsp3) is 0.0455. The van der Waals surface area contributed by atoms with Gasteiger partial charge in [-0.05, 0) is 17.7 Å². The molecule has 0 aliphatic carbocycles. The van der Waals surface area contributed by atoms with Crippen molar-refractivity contribution < 1.29 is 0 Å². The van der Waals surface area contributed by atoms with Gasteiger partial charge >= 0.3 is 0 Å². The Morgan fingerprint density at radius 3 is 2.00 bits per heavy atom. The average molecular weight is 355 g/mol. The lowest BCUT2D eigenvalue weighted by molar-refractivity contribution is 0.924. The van der Waals surface area contributed by atoms with Crippen LogP contribution in [0.5, 0.6) is 0 Å². The summed E-state index contributed by atoms with van der Waals surface area (Å²) in [6.45, 7) is 0.655. The number of hydrogen-bond acceptors (Lipinski definition) is 3. The van der Waals surface area contributed by atoms with Gasteiger partial charge in [0.05, 0.1) is 16.7 Å². The van der Waals surface area contributed by atoms with Gasteiger partial charge in [0.25, 0.3) is 0 Å². The SMILES string of the molecule is S=C(NCc1ccccc1)c1nc2ccccc2nc1-c1ccccc1. The molecule has 26 heavy (non-hydrogen) atoms. The van der Waals surface area contributed by atoms with E-state index >= 15 is 0 Å². The first-order valence-corrected chi connectivity index (χ1v) is 8.86. The summed E-state index contributed by atoms with van der Waals surface area (Å²) in [5.41, 5.74) is 5.39. The van der Waals surface area contributed by atoms with Gasteiger partial charge in [-0.15, -0.1) is 0 Å². The number of thiocarbonyl (C=S) groups is 1. The van der Waals surface area contributed by atoms with E-state index in [2.05, 4.69) is 17.4 Å². The molecule has 1 N–H and O–H groups in total. The zero-order valence-corrected chi connectivity index (χ0v) is 14.9. The Balaban J connectivity index is 1.73. The van der Waals surface area contributed by atoms with Gasteiger partial charge in [0.2, 0.25) is 0 Å². The molecule has 3 nitrogen and oxygen atoms in total. The van der Waals surface area contributed by atoms with Gasteiger partial charge in [-0.25, -0.2) is 9.97 Å².